The van der Waals surface area contributed by atoms with Crippen molar-refractivity contribution in [3.05, 3.63) is 28.3 Å². The summed E-state index contributed by atoms with van der Waals surface area (Å²) in [5, 5.41) is 14.3. The van der Waals surface area contributed by atoms with Crippen LogP contribution in [0, 0.1) is 16.0 Å². The second-order valence-electron chi connectivity index (χ2n) is 4.43. The standard InChI is InChI=1S/C13H20N2O3/c1-5-9(2)10(3)14-11-7-6-8-12(18-4)13(11)15(16)17/h6-10,14H,5H2,1-4H3. The fraction of sp³-hybridized carbons (Fsp3) is 0.538. The molecular formula is C13H20N2O3. The van der Waals surface area contributed by atoms with Crippen LogP contribution in [-0.4, -0.2) is 18.1 Å². The van der Waals surface area contributed by atoms with Crippen LogP contribution < -0.4 is 10.1 Å². The van der Waals surface area contributed by atoms with Crippen LogP contribution in [0.2, 0.25) is 0 Å². The number of anilines is 1. The number of nitrogens with one attached hydrogen (secondary N) is 1. The third kappa shape index (κ3) is 3.12. The molecule has 2 unspecified atom stereocenters. The Labute approximate surface area is 107 Å². The van der Waals surface area contributed by atoms with Crippen LogP contribution in [0.15, 0.2) is 18.2 Å². The van der Waals surface area contributed by atoms with Crippen molar-refractivity contribution < 1.29 is 9.66 Å². The van der Waals surface area contributed by atoms with Gasteiger partial charge < -0.3 is 10.1 Å². The van der Waals surface area contributed by atoms with Gasteiger partial charge in [-0.25, -0.2) is 0 Å². The summed E-state index contributed by atoms with van der Waals surface area (Å²) in [7, 11) is 1.43. The van der Waals surface area contributed by atoms with Gasteiger partial charge in [0.2, 0.25) is 0 Å². The van der Waals surface area contributed by atoms with Crippen molar-refractivity contribution in [1.82, 2.24) is 0 Å². The fourth-order valence-electron chi connectivity index (χ4n) is 1.73. The maximum Gasteiger partial charge on any atom is 0.333 e. The number of rotatable bonds is 6. The molecule has 0 radical (unpaired) electrons. The van der Waals surface area contributed by atoms with E-state index < -0.39 is 4.92 Å². The quantitative estimate of drug-likeness (QED) is 0.622. The van der Waals surface area contributed by atoms with Gasteiger partial charge in [0.1, 0.15) is 5.69 Å². The first-order valence-electron chi connectivity index (χ1n) is 6.09. The van der Waals surface area contributed by atoms with Crippen LogP contribution in [0.25, 0.3) is 0 Å². The maximum absolute atomic E-state index is 11.1. The van der Waals surface area contributed by atoms with Crippen molar-refractivity contribution in [3.63, 3.8) is 0 Å². The Kier molecular flexibility index (Phi) is 4.95. The molecule has 1 N–H and O–H groups in total. The van der Waals surface area contributed by atoms with Gasteiger partial charge >= 0.3 is 5.69 Å². The topological polar surface area (TPSA) is 64.4 Å². The Morgan fingerprint density at radius 1 is 1.44 bits per heavy atom. The van der Waals surface area contributed by atoms with Crippen molar-refractivity contribution in [3.8, 4) is 5.75 Å². The van der Waals surface area contributed by atoms with Crippen LogP contribution in [0.5, 0.6) is 5.75 Å². The lowest BCUT2D eigenvalue weighted by Gasteiger charge is -2.21. The first-order valence-corrected chi connectivity index (χ1v) is 6.09. The highest BCUT2D eigenvalue weighted by Crippen LogP contribution is 2.35. The SMILES string of the molecule is CCC(C)C(C)Nc1cccc(OC)c1[N+](=O)[O-]. The molecule has 5 heteroatoms. The van der Waals surface area contributed by atoms with Gasteiger partial charge in [-0.05, 0) is 25.0 Å². The van der Waals surface area contributed by atoms with Gasteiger partial charge in [0.15, 0.2) is 5.75 Å². The zero-order valence-corrected chi connectivity index (χ0v) is 11.3. The van der Waals surface area contributed by atoms with Crippen LogP contribution >= 0.6 is 0 Å². The van der Waals surface area contributed by atoms with Gasteiger partial charge in [0.05, 0.1) is 12.0 Å². The summed E-state index contributed by atoms with van der Waals surface area (Å²) in [5.74, 6) is 0.720. The molecule has 1 aromatic carbocycles. The zero-order chi connectivity index (χ0) is 13.7. The number of hydrogen-bond acceptors (Lipinski definition) is 4. The number of ether oxygens (including phenoxy) is 1. The van der Waals surface area contributed by atoms with Gasteiger partial charge in [-0.2, -0.15) is 0 Å². The second-order valence-corrected chi connectivity index (χ2v) is 4.43. The third-order valence-corrected chi connectivity index (χ3v) is 3.28. The van der Waals surface area contributed by atoms with Crippen molar-refractivity contribution in [2.75, 3.05) is 12.4 Å². The number of nitro groups is 1. The van der Waals surface area contributed by atoms with E-state index in [0.29, 0.717) is 11.6 Å². The normalized spacial score (nSPS) is 13.8. The van der Waals surface area contributed by atoms with Gasteiger partial charge in [0, 0.05) is 6.04 Å². The lowest BCUT2D eigenvalue weighted by atomic mass is 10.0. The molecular weight excluding hydrogens is 232 g/mol. The monoisotopic (exact) mass is 252 g/mol. The van der Waals surface area contributed by atoms with Gasteiger partial charge in [-0.1, -0.05) is 26.3 Å². The highest BCUT2D eigenvalue weighted by Gasteiger charge is 2.22. The highest BCUT2D eigenvalue weighted by atomic mass is 16.6. The summed E-state index contributed by atoms with van der Waals surface area (Å²) < 4.78 is 5.03. The first-order chi connectivity index (χ1) is 8.51. The molecule has 0 aliphatic rings. The van der Waals surface area contributed by atoms with E-state index in [-0.39, 0.29) is 17.5 Å². The van der Waals surface area contributed by atoms with E-state index in [2.05, 4.69) is 19.2 Å². The summed E-state index contributed by atoms with van der Waals surface area (Å²) in [6.45, 7) is 6.24. The van der Waals surface area contributed by atoms with Crippen molar-refractivity contribution in [1.29, 1.82) is 0 Å². The summed E-state index contributed by atoms with van der Waals surface area (Å²) in [6.07, 6.45) is 1.02. The molecule has 0 aromatic heterocycles. The van der Waals surface area contributed by atoms with Crippen LogP contribution in [0.1, 0.15) is 27.2 Å². The van der Waals surface area contributed by atoms with Crippen molar-refractivity contribution in [2.45, 2.75) is 33.2 Å². The van der Waals surface area contributed by atoms with Gasteiger partial charge in [0.25, 0.3) is 0 Å². The molecule has 0 saturated heterocycles. The number of nitrogens with zero attached hydrogens (tertiary/aromatic N) is 1. The smallest absolute Gasteiger partial charge is 0.333 e. The molecule has 5 nitrogen and oxygen atoms in total. The molecule has 0 saturated carbocycles. The number of para-hydroxylation sites is 1. The van der Waals surface area contributed by atoms with Gasteiger partial charge in [-0.15, -0.1) is 0 Å². The van der Waals surface area contributed by atoms with Gasteiger partial charge in [-0.3, -0.25) is 10.1 Å². The Bertz CT molecular complexity index is 421. The van der Waals surface area contributed by atoms with E-state index in [9.17, 15) is 10.1 Å². The Morgan fingerprint density at radius 2 is 2.11 bits per heavy atom. The predicted molar refractivity (Wildman–Crippen MR) is 72.2 cm³/mol. The van der Waals surface area contributed by atoms with E-state index in [1.54, 1.807) is 18.2 Å². The average Bonchev–Trinajstić information content (AvgIpc) is 2.36. The van der Waals surface area contributed by atoms with E-state index in [1.165, 1.54) is 7.11 Å². The van der Waals surface area contributed by atoms with E-state index in [1.807, 2.05) is 6.92 Å². The molecule has 1 aromatic rings. The predicted octanol–water partition coefficient (Wildman–Crippen LogP) is 3.45. The largest absolute Gasteiger partial charge is 0.490 e. The molecule has 1 rings (SSSR count). The first kappa shape index (κ1) is 14.3. The molecule has 2 atom stereocenters. The minimum absolute atomic E-state index is 0.00449. The maximum atomic E-state index is 11.1. The number of nitro benzene ring substituents is 1. The minimum atomic E-state index is -0.412. The summed E-state index contributed by atoms with van der Waals surface area (Å²) in [6, 6.07) is 5.22. The molecule has 0 bridgehead atoms. The molecule has 100 valence electrons. The Morgan fingerprint density at radius 3 is 2.61 bits per heavy atom. The van der Waals surface area contributed by atoms with Crippen LogP contribution in [0.3, 0.4) is 0 Å². The number of benzene rings is 1. The van der Waals surface area contributed by atoms with E-state index in [4.69, 9.17) is 4.74 Å². The molecule has 0 heterocycles. The summed E-state index contributed by atoms with van der Waals surface area (Å²) in [5.41, 5.74) is 0.502. The number of methoxy groups -OCH3 is 1. The second kappa shape index (κ2) is 6.23. The Balaban J connectivity index is 3.05. The molecule has 0 aliphatic heterocycles. The number of hydrogen-bond donors (Lipinski definition) is 1. The summed E-state index contributed by atoms with van der Waals surface area (Å²) >= 11 is 0. The average molecular weight is 252 g/mol. The molecule has 0 amide bonds. The molecule has 0 spiro atoms. The molecule has 0 aliphatic carbocycles. The molecule has 0 fully saturated rings. The summed E-state index contributed by atoms with van der Waals surface area (Å²) in [4.78, 5) is 10.7. The zero-order valence-electron chi connectivity index (χ0n) is 11.3. The molecule has 18 heavy (non-hydrogen) atoms. The third-order valence-electron chi connectivity index (χ3n) is 3.28. The van der Waals surface area contributed by atoms with Crippen molar-refractivity contribution in [2.24, 2.45) is 5.92 Å². The van der Waals surface area contributed by atoms with Crippen molar-refractivity contribution >= 4 is 11.4 Å². The Hall–Kier alpha value is -1.78. The van der Waals surface area contributed by atoms with Crippen LogP contribution in [0.4, 0.5) is 11.4 Å². The van der Waals surface area contributed by atoms with Crippen LogP contribution in [-0.2, 0) is 0 Å². The van der Waals surface area contributed by atoms with E-state index >= 15 is 0 Å². The lowest BCUT2D eigenvalue weighted by Crippen LogP contribution is -2.23. The van der Waals surface area contributed by atoms with E-state index in [0.717, 1.165) is 6.42 Å². The lowest BCUT2D eigenvalue weighted by molar-refractivity contribution is -0.384. The highest BCUT2D eigenvalue weighted by molar-refractivity contribution is 5.68. The minimum Gasteiger partial charge on any atom is -0.490 e. The fourth-order valence-corrected chi connectivity index (χ4v) is 1.73.